The number of hydrogen-bond donors (Lipinski definition) is 1. The Labute approximate surface area is 171 Å². The third kappa shape index (κ3) is 4.89. The third-order valence-corrected chi connectivity index (χ3v) is 5.01. The van der Waals surface area contributed by atoms with Gasteiger partial charge in [-0.05, 0) is 41.5 Å². The molecule has 5 nitrogen and oxygen atoms in total. The van der Waals surface area contributed by atoms with Gasteiger partial charge >= 0.3 is 5.97 Å². The van der Waals surface area contributed by atoms with E-state index < -0.39 is 11.9 Å². The van der Waals surface area contributed by atoms with Gasteiger partial charge in [-0.25, -0.2) is 9.18 Å². The van der Waals surface area contributed by atoms with Gasteiger partial charge < -0.3 is 14.8 Å². The fourth-order valence-electron chi connectivity index (χ4n) is 2.64. The zero-order chi connectivity index (χ0) is 20.8. The molecule has 3 rings (SSSR count). The van der Waals surface area contributed by atoms with Crippen LogP contribution in [-0.4, -0.2) is 26.1 Å². The maximum absolute atomic E-state index is 13.2. The number of methoxy groups -OCH3 is 2. The van der Waals surface area contributed by atoms with Gasteiger partial charge in [-0.2, -0.15) is 0 Å². The lowest BCUT2D eigenvalue weighted by Gasteiger charge is -2.06. The van der Waals surface area contributed by atoms with Crippen LogP contribution >= 0.6 is 11.3 Å². The molecule has 0 aliphatic rings. The Morgan fingerprint density at radius 3 is 2.34 bits per heavy atom. The molecule has 0 saturated carbocycles. The minimum atomic E-state index is -0.583. The summed E-state index contributed by atoms with van der Waals surface area (Å²) in [6.07, 6.45) is 3.03. The van der Waals surface area contributed by atoms with E-state index in [1.165, 1.54) is 36.7 Å². The maximum atomic E-state index is 13.2. The van der Waals surface area contributed by atoms with Crippen LogP contribution in [0.3, 0.4) is 0 Å². The van der Waals surface area contributed by atoms with E-state index in [1.54, 1.807) is 42.8 Å². The molecule has 7 heteroatoms. The molecule has 1 aromatic heterocycles. The van der Waals surface area contributed by atoms with Gasteiger partial charge in [0.2, 0.25) is 5.91 Å². The number of nitrogens with one attached hydrogen (secondary N) is 1. The lowest BCUT2D eigenvalue weighted by atomic mass is 10.0. The summed E-state index contributed by atoms with van der Waals surface area (Å²) >= 11 is 1.20. The molecule has 0 radical (unpaired) electrons. The molecule has 0 bridgehead atoms. The summed E-state index contributed by atoms with van der Waals surface area (Å²) in [5.41, 5.74) is 2.27. The molecule has 1 amide bonds. The lowest BCUT2D eigenvalue weighted by molar-refractivity contribution is -0.111. The molecule has 2 aromatic carbocycles. The van der Waals surface area contributed by atoms with Crippen LogP contribution in [0.4, 0.5) is 9.39 Å². The second-order valence-electron chi connectivity index (χ2n) is 5.95. The normalized spacial score (nSPS) is 10.7. The number of rotatable bonds is 6. The smallest absolute Gasteiger partial charge is 0.341 e. The second-order valence-corrected chi connectivity index (χ2v) is 6.83. The summed E-state index contributed by atoms with van der Waals surface area (Å²) in [6.45, 7) is 0. The van der Waals surface area contributed by atoms with Crippen LogP contribution in [0.2, 0.25) is 0 Å². The van der Waals surface area contributed by atoms with Crippen LogP contribution in [0.1, 0.15) is 15.9 Å². The van der Waals surface area contributed by atoms with Crippen molar-refractivity contribution in [1.82, 2.24) is 0 Å². The molecular weight excluding hydrogens is 393 g/mol. The molecule has 148 valence electrons. The highest BCUT2D eigenvalue weighted by atomic mass is 32.1. The minimum Gasteiger partial charge on any atom is -0.497 e. The number of halogens is 1. The summed E-state index contributed by atoms with van der Waals surface area (Å²) in [5.74, 6) is -0.625. The van der Waals surface area contributed by atoms with Gasteiger partial charge in [0, 0.05) is 17.0 Å². The molecule has 0 aliphatic carbocycles. The Bertz CT molecular complexity index is 1040. The second kappa shape index (κ2) is 9.16. The van der Waals surface area contributed by atoms with Gasteiger partial charge in [0.05, 0.1) is 14.2 Å². The topological polar surface area (TPSA) is 64.6 Å². The molecule has 0 aliphatic heterocycles. The fraction of sp³-hybridized carbons (Fsp3) is 0.0909. The van der Waals surface area contributed by atoms with E-state index in [-0.39, 0.29) is 11.4 Å². The summed E-state index contributed by atoms with van der Waals surface area (Å²) < 4.78 is 23.2. The van der Waals surface area contributed by atoms with Crippen LogP contribution in [0.25, 0.3) is 17.2 Å². The summed E-state index contributed by atoms with van der Waals surface area (Å²) in [7, 11) is 2.85. The Morgan fingerprint density at radius 1 is 1.03 bits per heavy atom. The van der Waals surface area contributed by atoms with E-state index in [9.17, 15) is 14.0 Å². The first kappa shape index (κ1) is 20.3. The number of esters is 1. The van der Waals surface area contributed by atoms with E-state index in [0.717, 1.165) is 11.3 Å². The zero-order valence-corrected chi connectivity index (χ0v) is 16.6. The number of hydrogen-bond acceptors (Lipinski definition) is 5. The highest BCUT2D eigenvalue weighted by Crippen LogP contribution is 2.36. The lowest BCUT2D eigenvalue weighted by Crippen LogP contribution is -2.11. The van der Waals surface area contributed by atoms with Crippen molar-refractivity contribution in [3.8, 4) is 16.9 Å². The number of carbonyl (C=O) groups is 2. The largest absolute Gasteiger partial charge is 0.497 e. The van der Waals surface area contributed by atoms with E-state index in [1.807, 2.05) is 12.1 Å². The number of thiophene rings is 1. The van der Waals surface area contributed by atoms with E-state index in [2.05, 4.69) is 5.32 Å². The van der Waals surface area contributed by atoms with Crippen molar-refractivity contribution in [1.29, 1.82) is 0 Å². The van der Waals surface area contributed by atoms with Gasteiger partial charge in [-0.1, -0.05) is 24.3 Å². The van der Waals surface area contributed by atoms with Gasteiger partial charge in [-0.15, -0.1) is 11.3 Å². The van der Waals surface area contributed by atoms with Gasteiger partial charge in [-0.3, -0.25) is 4.79 Å². The standard InChI is InChI=1S/C22H18FNO4S/c1-27-17-10-3-14(4-11-17)5-12-19(25)24-21-20(22(26)28-2)18(13-29-21)15-6-8-16(23)9-7-15/h3-13H,1-2H3,(H,24,25)/b12-5-. The predicted molar refractivity (Wildman–Crippen MR) is 112 cm³/mol. The van der Waals surface area contributed by atoms with Crippen molar-refractivity contribution in [2.45, 2.75) is 0 Å². The third-order valence-electron chi connectivity index (χ3n) is 4.12. The molecule has 0 fully saturated rings. The first-order chi connectivity index (χ1) is 14.0. The Hall–Kier alpha value is -3.45. The molecule has 0 unspecified atom stereocenters. The number of amides is 1. The monoisotopic (exact) mass is 411 g/mol. The van der Waals surface area contributed by atoms with Gasteiger partial charge in [0.1, 0.15) is 22.1 Å². The number of carbonyl (C=O) groups excluding carboxylic acids is 2. The summed E-state index contributed by atoms with van der Waals surface area (Å²) in [5, 5.41) is 4.80. The maximum Gasteiger partial charge on any atom is 0.341 e. The van der Waals surface area contributed by atoms with Crippen molar-refractivity contribution in [3.63, 3.8) is 0 Å². The SMILES string of the molecule is COC(=O)c1c(-c2ccc(F)cc2)csc1NC(=O)/C=C\c1ccc(OC)cc1. The predicted octanol–water partition coefficient (Wildman–Crippen LogP) is 5.00. The molecule has 0 atom stereocenters. The van der Waals surface area contributed by atoms with Crippen LogP contribution in [0.15, 0.2) is 60.0 Å². The zero-order valence-electron chi connectivity index (χ0n) is 15.8. The molecule has 3 aromatic rings. The first-order valence-corrected chi connectivity index (χ1v) is 9.48. The van der Waals surface area contributed by atoms with Gasteiger partial charge in [0.25, 0.3) is 0 Å². The molecule has 29 heavy (non-hydrogen) atoms. The fourth-order valence-corrected chi connectivity index (χ4v) is 3.60. The number of anilines is 1. The number of benzene rings is 2. The summed E-state index contributed by atoms with van der Waals surface area (Å²) in [6, 6.07) is 13.0. The van der Waals surface area contributed by atoms with Crippen LogP contribution in [-0.2, 0) is 9.53 Å². The average molecular weight is 411 g/mol. The van der Waals surface area contributed by atoms with Crippen molar-refractivity contribution in [3.05, 3.63) is 76.9 Å². The quantitative estimate of drug-likeness (QED) is 0.458. The van der Waals surface area contributed by atoms with Crippen LogP contribution < -0.4 is 10.1 Å². The van der Waals surface area contributed by atoms with E-state index in [4.69, 9.17) is 9.47 Å². The highest BCUT2D eigenvalue weighted by molar-refractivity contribution is 7.15. The summed E-state index contributed by atoms with van der Waals surface area (Å²) in [4.78, 5) is 24.7. The first-order valence-electron chi connectivity index (χ1n) is 8.60. The van der Waals surface area contributed by atoms with Crippen LogP contribution in [0.5, 0.6) is 5.75 Å². The Balaban J connectivity index is 1.82. The van der Waals surface area contributed by atoms with Gasteiger partial charge in [0.15, 0.2) is 0 Å². The molecule has 0 saturated heterocycles. The van der Waals surface area contributed by atoms with Crippen molar-refractivity contribution in [2.24, 2.45) is 0 Å². The highest BCUT2D eigenvalue weighted by Gasteiger charge is 2.21. The number of ether oxygens (including phenoxy) is 2. The van der Waals surface area contributed by atoms with E-state index >= 15 is 0 Å². The molecule has 1 N–H and O–H groups in total. The molecular formula is C22H18FNO4S. The van der Waals surface area contributed by atoms with Crippen molar-refractivity contribution in [2.75, 3.05) is 19.5 Å². The Morgan fingerprint density at radius 2 is 1.72 bits per heavy atom. The Kier molecular flexibility index (Phi) is 6.41. The average Bonchev–Trinajstić information content (AvgIpc) is 3.16. The van der Waals surface area contributed by atoms with Crippen molar-refractivity contribution >= 4 is 34.3 Å². The van der Waals surface area contributed by atoms with Crippen molar-refractivity contribution < 1.29 is 23.5 Å². The molecule has 0 spiro atoms. The minimum absolute atomic E-state index is 0.232. The van der Waals surface area contributed by atoms with E-state index in [0.29, 0.717) is 16.1 Å². The molecule has 1 heterocycles. The van der Waals surface area contributed by atoms with Crippen LogP contribution in [0, 0.1) is 5.82 Å².